The molecule has 6 nitrogen and oxygen atoms in total. The van der Waals surface area contributed by atoms with Crippen molar-refractivity contribution in [2.75, 3.05) is 26.4 Å². The fraction of sp³-hybridized carbons (Fsp3) is 0.409. The highest BCUT2D eigenvalue weighted by Crippen LogP contribution is 2.42. The normalized spacial score (nSPS) is 20.1. The van der Waals surface area contributed by atoms with Crippen molar-refractivity contribution in [3.05, 3.63) is 58.6 Å². The van der Waals surface area contributed by atoms with E-state index in [1.54, 1.807) is 6.07 Å². The van der Waals surface area contributed by atoms with E-state index < -0.39 is 15.7 Å². The molecule has 1 fully saturated rings. The molecular weight excluding hydrogens is 534 g/mol. The highest BCUT2D eigenvalue weighted by molar-refractivity contribution is 8.93. The predicted octanol–water partition coefficient (Wildman–Crippen LogP) is 5.16. The predicted molar refractivity (Wildman–Crippen MR) is 139 cm³/mol. The smallest absolute Gasteiger partial charge is 0.244 e. The minimum atomic E-state index is -3.75. The minimum absolute atomic E-state index is 0. The molecule has 0 spiro atoms. The molecule has 0 radical (unpaired) electrons. The van der Waals surface area contributed by atoms with Crippen LogP contribution in [0.25, 0.3) is 0 Å². The first-order valence-corrected chi connectivity index (χ1v) is 12.9. The Kier molecular flexibility index (Phi) is 9.23. The summed E-state index contributed by atoms with van der Waals surface area (Å²) in [5.41, 5.74) is 0.994. The van der Waals surface area contributed by atoms with Crippen molar-refractivity contribution in [2.24, 2.45) is 4.99 Å². The lowest BCUT2D eigenvalue weighted by Gasteiger charge is -2.35. The second kappa shape index (κ2) is 10.9. The van der Waals surface area contributed by atoms with Gasteiger partial charge in [-0.1, -0.05) is 61.0 Å². The molecule has 1 atom stereocenters. The summed E-state index contributed by atoms with van der Waals surface area (Å²) in [5.74, 6) is 0.338. The highest BCUT2D eigenvalue weighted by Gasteiger charge is 2.45. The number of rotatable bonds is 7. The molecule has 0 aliphatic carbocycles. The summed E-state index contributed by atoms with van der Waals surface area (Å²) in [6, 6.07) is 12.5. The maximum Gasteiger partial charge on any atom is 0.244 e. The quantitative estimate of drug-likeness (QED) is 0.505. The number of para-hydroxylation sites is 1. The van der Waals surface area contributed by atoms with Gasteiger partial charge in [-0.2, -0.15) is 0 Å². The number of halogens is 2. The van der Waals surface area contributed by atoms with Crippen LogP contribution in [0.1, 0.15) is 30.9 Å². The van der Waals surface area contributed by atoms with Crippen LogP contribution in [0.5, 0.6) is 0 Å². The summed E-state index contributed by atoms with van der Waals surface area (Å²) >= 11 is 7.68. The highest BCUT2D eigenvalue weighted by atomic mass is 79.9. The molecule has 10 heteroatoms. The number of aryl methyl sites for hydroxylation is 1. The summed E-state index contributed by atoms with van der Waals surface area (Å²) in [7, 11) is -0.839. The Morgan fingerprint density at radius 2 is 1.94 bits per heavy atom. The summed E-state index contributed by atoms with van der Waals surface area (Å²) in [6.07, 6.45) is 1.82. The van der Waals surface area contributed by atoms with Crippen LogP contribution in [0.4, 0.5) is 5.69 Å². The third-order valence-corrected chi connectivity index (χ3v) is 8.71. The summed E-state index contributed by atoms with van der Waals surface area (Å²) < 4.78 is 26.6. The number of aliphatic imine (C=N–C) groups is 1. The Hall–Kier alpha value is -1.10. The van der Waals surface area contributed by atoms with Gasteiger partial charge in [-0.25, -0.2) is 17.7 Å². The number of hydrogen-bond acceptors (Lipinski definition) is 5. The Morgan fingerprint density at radius 1 is 1.25 bits per heavy atom. The monoisotopic (exact) mass is 561 g/mol. The number of sulfonamides is 1. The first-order valence-electron chi connectivity index (χ1n) is 10.1. The Morgan fingerprint density at radius 3 is 2.56 bits per heavy atom. The first kappa shape index (κ1) is 27.1. The second-order valence-electron chi connectivity index (χ2n) is 7.72. The van der Waals surface area contributed by atoms with Crippen LogP contribution in [0.15, 0.2) is 52.4 Å². The number of amidine groups is 1. The van der Waals surface area contributed by atoms with Gasteiger partial charge < -0.3 is 10.0 Å². The molecule has 2 aromatic rings. The number of hydrogen-bond donors (Lipinski definition) is 1. The number of nitrogens with zero attached hydrogens (tertiary/aromatic N) is 3. The maximum atomic E-state index is 12.7. The van der Waals surface area contributed by atoms with Gasteiger partial charge in [0.1, 0.15) is 4.90 Å². The molecule has 1 N–H and O–H groups in total. The van der Waals surface area contributed by atoms with Gasteiger partial charge in [-0.05, 0) is 37.1 Å². The molecule has 0 saturated carbocycles. The third kappa shape index (κ3) is 5.34. The summed E-state index contributed by atoms with van der Waals surface area (Å²) in [4.78, 5) is 6.68. The van der Waals surface area contributed by atoms with Gasteiger partial charge in [0.25, 0.3) is 0 Å². The van der Waals surface area contributed by atoms with Crippen molar-refractivity contribution in [2.45, 2.75) is 37.3 Å². The Balaban J connectivity index is 0.00000363. The van der Waals surface area contributed by atoms with Gasteiger partial charge in [-0.3, -0.25) is 0 Å². The Labute approximate surface area is 210 Å². The van der Waals surface area contributed by atoms with Crippen LogP contribution in [0.2, 0.25) is 5.02 Å². The molecule has 0 bridgehead atoms. The molecule has 1 saturated heterocycles. The fourth-order valence-electron chi connectivity index (χ4n) is 3.35. The Bertz CT molecular complexity index is 1100. The second-order valence-corrected chi connectivity index (χ2v) is 11.2. The maximum absolute atomic E-state index is 12.7. The lowest BCUT2D eigenvalue weighted by atomic mass is 10.0. The van der Waals surface area contributed by atoms with Crippen molar-refractivity contribution in [3.8, 4) is 0 Å². The molecule has 1 heterocycles. The van der Waals surface area contributed by atoms with E-state index in [9.17, 15) is 13.5 Å². The zero-order valence-electron chi connectivity index (χ0n) is 18.6. The van der Waals surface area contributed by atoms with E-state index in [1.165, 1.54) is 38.0 Å². The first-order chi connectivity index (χ1) is 14.6. The molecule has 32 heavy (non-hydrogen) atoms. The molecule has 1 unspecified atom stereocenters. The molecule has 0 amide bonds. The molecular formula is C22H29BrClN3O3S2. The lowest BCUT2D eigenvalue weighted by Crippen LogP contribution is -2.45. The zero-order chi connectivity index (χ0) is 22.8. The van der Waals surface area contributed by atoms with Crippen molar-refractivity contribution in [1.82, 2.24) is 9.21 Å². The van der Waals surface area contributed by atoms with E-state index >= 15 is 0 Å². The average molecular weight is 563 g/mol. The van der Waals surface area contributed by atoms with Crippen molar-refractivity contribution in [3.63, 3.8) is 0 Å². The van der Waals surface area contributed by atoms with Gasteiger partial charge in [-0.15, -0.1) is 17.0 Å². The zero-order valence-corrected chi connectivity index (χ0v) is 22.7. The van der Waals surface area contributed by atoms with E-state index in [0.717, 1.165) is 33.6 Å². The van der Waals surface area contributed by atoms with Gasteiger partial charge in [0, 0.05) is 26.2 Å². The standard InChI is InChI=1S/C22H28ClN3O3S2.BrH/c1-5-6-13-26-21(24-19-10-8-7-9-16(19)2)30-15-22(26,27)17-11-12-18(23)20(14-17)31(28,29)25(3)4;/h7-12,14,27H,5-6,13,15H2,1-4H3;1H/b24-21+;. The van der Waals surface area contributed by atoms with Crippen LogP contribution >= 0.6 is 40.3 Å². The number of unbranched alkanes of at least 4 members (excludes halogenated alkanes) is 1. The van der Waals surface area contributed by atoms with Crippen LogP contribution in [-0.4, -0.2) is 54.3 Å². The topological polar surface area (TPSA) is 73.2 Å². The van der Waals surface area contributed by atoms with Crippen LogP contribution in [0.3, 0.4) is 0 Å². The minimum Gasteiger partial charge on any atom is -0.366 e. The van der Waals surface area contributed by atoms with Crippen LogP contribution in [0, 0.1) is 6.92 Å². The van der Waals surface area contributed by atoms with E-state index in [-0.39, 0.29) is 26.9 Å². The van der Waals surface area contributed by atoms with Gasteiger partial charge >= 0.3 is 0 Å². The molecule has 3 rings (SSSR count). The average Bonchev–Trinajstić information content (AvgIpc) is 3.04. The van der Waals surface area contributed by atoms with Gasteiger partial charge in [0.2, 0.25) is 10.0 Å². The van der Waals surface area contributed by atoms with Crippen molar-refractivity contribution < 1.29 is 13.5 Å². The molecule has 1 aliphatic rings. The number of benzene rings is 2. The van der Waals surface area contributed by atoms with Gasteiger partial charge in [0.05, 0.1) is 16.5 Å². The lowest BCUT2D eigenvalue weighted by molar-refractivity contribution is -0.0483. The van der Waals surface area contributed by atoms with Crippen molar-refractivity contribution in [1.29, 1.82) is 0 Å². The van der Waals surface area contributed by atoms with Gasteiger partial charge in [0.15, 0.2) is 10.9 Å². The molecule has 0 aromatic heterocycles. The fourth-order valence-corrected chi connectivity index (χ4v) is 5.95. The van der Waals surface area contributed by atoms with E-state index in [4.69, 9.17) is 16.6 Å². The van der Waals surface area contributed by atoms with Crippen LogP contribution < -0.4 is 0 Å². The SMILES string of the molecule is Br.CCCCN1/C(=N\c2ccccc2C)SCC1(O)c1ccc(Cl)c(S(=O)(=O)N(C)C)c1. The summed E-state index contributed by atoms with van der Waals surface area (Å²) in [5, 5.41) is 12.6. The number of thioether (sulfide) groups is 1. The van der Waals surface area contributed by atoms with Crippen molar-refractivity contribution >= 4 is 61.2 Å². The van der Waals surface area contributed by atoms with E-state index in [2.05, 4.69) is 6.92 Å². The number of aliphatic hydroxyl groups is 1. The van der Waals surface area contributed by atoms with E-state index in [0.29, 0.717) is 17.9 Å². The molecule has 1 aliphatic heterocycles. The largest absolute Gasteiger partial charge is 0.366 e. The molecule has 176 valence electrons. The molecule has 2 aromatic carbocycles. The van der Waals surface area contributed by atoms with Crippen LogP contribution in [-0.2, 0) is 15.7 Å². The van der Waals surface area contributed by atoms with E-state index in [1.807, 2.05) is 36.1 Å². The summed E-state index contributed by atoms with van der Waals surface area (Å²) in [6.45, 7) is 4.69. The third-order valence-electron chi connectivity index (χ3n) is 5.30.